The Morgan fingerprint density at radius 3 is 2.44 bits per heavy atom. The molecule has 1 aromatic heterocycles. The van der Waals surface area contributed by atoms with Gasteiger partial charge in [0.25, 0.3) is 0 Å². The Morgan fingerprint density at radius 1 is 1.22 bits per heavy atom. The minimum absolute atomic E-state index is 0.0792. The summed E-state index contributed by atoms with van der Waals surface area (Å²) < 4.78 is 28.6. The molecule has 2 aromatic rings. The van der Waals surface area contributed by atoms with Crippen LogP contribution in [0.1, 0.15) is 20.8 Å². The standard InChI is InChI=1S/C13H15F2N3/c1-13(2,3)18-7-17-11(12(18)16)8-5-4-6-9(14)10(8)15/h4-7H,16H2,1-3H3. The molecule has 0 bridgehead atoms. The van der Waals surface area contributed by atoms with Crippen molar-refractivity contribution in [1.82, 2.24) is 9.55 Å². The number of hydrogen-bond acceptors (Lipinski definition) is 2. The van der Waals surface area contributed by atoms with Crippen LogP contribution in [0.15, 0.2) is 24.5 Å². The first-order chi connectivity index (χ1) is 8.32. The summed E-state index contributed by atoms with van der Waals surface area (Å²) in [6.45, 7) is 5.87. The van der Waals surface area contributed by atoms with Gasteiger partial charge in [-0.3, -0.25) is 0 Å². The Kier molecular flexibility index (Phi) is 2.84. The maximum Gasteiger partial charge on any atom is 0.168 e. The lowest BCUT2D eigenvalue weighted by Crippen LogP contribution is -2.22. The van der Waals surface area contributed by atoms with E-state index in [9.17, 15) is 8.78 Å². The molecule has 0 fully saturated rings. The molecule has 0 spiro atoms. The van der Waals surface area contributed by atoms with Crippen molar-refractivity contribution in [1.29, 1.82) is 0 Å². The third-order valence-electron chi connectivity index (χ3n) is 2.73. The van der Waals surface area contributed by atoms with E-state index in [1.165, 1.54) is 18.5 Å². The van der Waals surface area contributed by atoms with E-state index in [-0.39, 0.29) is 16.8 Å². The average Bonchev–Trinajstić information content (AvgIpc) is 2.64. The predicted molar refractivity (Wildman–Crippen MR) is 67.0 cm³/mol. The zero-order valence-corrected chi connectivity index (χ0v) is 10.5. The summed E-state index contributed by atoms with van der Waals surface area (Å²) in [5.41, 5.74) is 6.03. The van der Waals surface area contributed by atoms with E-state index >= 15 is 0 Å². The number of nitrogens with zero attached hydrogens (tertiary/aromatic N) is 2. The number of hydrogen-bond donors (Lipinski definition) is 1. The fourth-order valence-electron chi connectivity index (χ4n) is 1.79. The maximum atomic E-state index is 13.7. The van der Waals surface area contributed by atoms with E-state index in [2.05, 4.69) is 4.98 Å². The van der Waals surface area contributed by atoms with Gasteiger partial charge >= 0.3 is 0 Å². The molecule has 0 radical (unpaired) electrons. The van der Waals surface area contributed by atoms with Crippen molar-refractivity contribution in [2.45, 2.75) is 26.3 Å². The third-order valence-corrected chi connectivity index (χ3v) is 2.73. The first-order valence-electron chi connectivity index (χ1n) is 5.60. The van der Waals surface area contributed by atoms with Gasteiger partial charge in [-0.15, -0.1) is 0 Å². The summed E-state index contributed by atoms with van der Waals surface area (Å²) in [4.78, 5) is 4.09. The van der Waals surface area contributed by atoms with Gasteiger partial charge in [0.05, 0.1) is 6.33 Å². The largest absolute Gasteiger partial charge is 0.383 e. The number of benzene rings is 1. The van der Waals surface area contributed by atoms with Crippen LogP contribution in [0.3, 0.4) is 0 Å². The lowest BCUT2D eigenvalue weighted by molar-refractivity contribution is 0.402. The van der Waals surface area contributed by atoms with Crippen LogP contribution < -0.4 is 5.73 Å². The van der Waals surface area contributed by atoms with Gasteiger partial charge in [-0.2, -0.15) is 0 Å². The summed E-state index contributed by atoms with van der Waals surface area (Å²) in [7, 11) is 0. The summed E-state index contributed by atoms with van der Waals surface area (Å²) in [5.74, 6) is -1.51. The van der Waals surface area contributed by atoms with Crippen LogP contribution in [0.4, 0.5) is 14.6 Å². The second-order valence-corrected chi connectivity index (χ2v) is 5.12. The van der Waals surface area contributed by atoms with Crippen LogP contribution in [0.25, 0.3) is 11.3 Å². The van der Waals surface area contributed by atoms with Crippen molar-refractivity contribution < 1.29 is 8.78 Å². The normalized spacial score (nSPS) is 11.8. The van der Waals surface area contributed by atoms with E-state index in [1.54, 1.807) is 4.57 Å². The van der Waals surface area contributed by atoms with Crippen molar-refractivity contribution in [3.63, 3.8) is 0 Å². The molecule has 0 amide bonds. The van der Waals surface area contributed by atoms with E-state index in [1.807, 2.05) is 20.8 Å². The van der Waals surface area contributed by atoms with Gasteiger partial charge in [-0.25, -0.2) is 13.8 Å². The van der Waals surface area contributed by atoms with Gasteiger partial charge in [0.2, 0.25) is 0 Å². The van der Waals surface area contributed by atoms with Gasteiger partial charge < -0.3 is 10.3 Å². The maximum absolute atomic E-state index is 13.7. The highest BCUT2D eigenvalue weighted by Crippen LogP contribution is 2.30. The van der Waals surface area contributed by atoms with Gasteiger partial charge in [0.15, 0.2) is 11.6 Å². The van der Waals surface area contributed by atoms with Crippen molar-refractivity contribution in [2.75, 3.05) is 5.73 Å². The molecule has 2 rings (SSSR count). The molecule has 0 aliphatic heterocycles. The van der Waals surface area contributed by atoms with Gasteiger partial charge in [0.1, 0.15) is 11.5 Å². The monoisotopic (exact) mass is 251 g/mol. The van der Waals surface area contributed by atoms with Crippen LogP contribution in [0, 0.1) is 11.6 Å². The van der Waals surface area contributed by atoms with Crippen LogP contribution in [-0.2, 0) is 5.54 Å². The zero-order chi connectivity index (χ0) is 13.5. The summed E-state index contributed by atoms with van der Waals surface area (Å²) in [6.07, 6.45) is 1.54. The molecule has 18 heavy (non-hydrogen) atoms. The highest BCUT2D eigenvalue weighted by Gasteiger charge is 2.21. The number of halogens is 2. The van der Waals surface area contributed by atoms with Crippen molar-refractivity contribution >= 4 is 5.82 Å². The Hall–Kier alpha value is -1.91. The van der Waals surface area contributed by atoms with E-state index < -0.39 is 11.6 Å². The molecule has 5 heteroatoms. The molecule has 0 aliphatic rings. The SMILES string of the molecule is CC(C)(C)n1cnc(-c2cccc(F)c2F)c1N. The second kappa shape index (κ2) is 4.08. The van der Waals surface area contributed by atoms with Gasteiger partial charge in [-0.05, 0) is 32.9 Å². The molecule has 0 saturated carbocycles. The number of aromatic nitrogens is 2. The van der Waals surface area contributed by atoms with E-state index in [4.69, 9.17) is 5.73 Å². The topological polar surface area (TPSA) is 43.8 Å². The predicted octanol–water partition coefficient (Wildman–Crippen LogP) is 3.17. The van der Waals surface area contributed by atoms with Crippen molar-refractivity contribution in [3.05, 3.63) is 36.2 Å². The van der Waals surface area contributed by atoms with Crippen LogP contribution >= 0.6 is 0 Å². The van der Waals surface area contributed by atoms with Crippen LogP contribution in [0.2, 0.25) is 0 Å². The Bertz CT molecular complexity index is 582. The number of anilines is 1. The molecule has 1 aromatic carbocycles. The fraction of sp³-hybridized carbons (Fsp3) is 0.308. The molecule has 0 unspecified atom stereocenters. The van der Waals surface area contributed by atoms with Crippen LogP contribution in [-0.4, -0.2) is 9.55 Å². The Balaban J connectivity index is 2.60. The average molecular weight is 251 g/mol. The van der Waals surface area contributed by atoms with E-state index in [0.717, 1.165) is 6.07 Å². The number of imidazole rings is 1. The molecule has 1 heterocycles. The summed E-state index contributed by atoms with van der Waals surface area (Å²) >= 11 is 0. The van der Waals surface area contributed by atoms with Gasteiger partial charge in [0, 0.05) is 11.1 Å². The summed E-state index contributed by atoms with van der Waals surface area (Å²) in [6, 6.07) is 3.96. The molecule has 0 saturated heterocycles. The smallest absolute Gasteiger partial charge is 0.168 e. The number of rotatable bonds is 1. The molecule has 2 N–H and O–H groups in total. The highest BCUT2D eigenvalue weighted by atomic mass is 19.2. The van der Waals surface area contributed by atoms with Crippen molar-refractivity contribution in [2.24, 2.45) is 0 Å². The third kappa shape index (κ3) is 1.96. The lowest BCUT2D eigenvalue weighted by Gasteiger charge is -2.22. The quantitative estimate of drug-likeness (QED) is 0.846. The molecular weight excluding hydrogens is 236 g/mol. The fourth-order valence-corrected chi connectivity index (χ4v) is 1.79. The first kappa shape index (κ1) is 12.5. The van der Waals surface area contributed by atoms with Crippen molar-refractivity contribution in [3.8, 4) is 11.3 Å². The second-order valence-electron chi connectivity index (χ2n) is 5.12. The molecule has 3 nitrogen and oxygen atoms in total. The van der Waals surface area contributed by atoms with Crippen LogP contribution in [0.5, 0.6) is 0 Å². The van der Waals surface area contributed by atoms with E-state index in [0.29, 0.717) is 5.82 Å². The number of nitrogens with two attached hydrogens (primary N) is 1. The Morgan fingerprint density at radius 2 is 1.89 bits per heavy atom. The minimum atomic E-state index is -0.927. The lowest BCUT2D eigenvalue weighted by atomic mass is 10.1. The molecule has 0 atom stereocenters. The highest BCUT2D eigenvalue weighted by molar-refractivity contribution is 5.71. The molecule has 96 valence electrons. The van der Waals surface area contributed by atoms with Gasteiger partial charge in [-0.1, -0.05) is 6.07 Å². The summed E-state index contributed by atoms with van der Waals surface area (Å²) in [5, 5.41) is 0. The minimum Gasteiger partial charge on any atom is -0.383 e. The molecular formula is C13H15F2N3. The zero-order valence-electron chi connectivity index (χ0n) is 10.5. The first-order valence-corrected chi connectivity index (χ1v) is 5.60. The molecule has 0 aliphatic carbocycles. The number of nitrogen functional groups attached to an aromatic ring is 1. The Labute approximate surface area is 104 Å².